The Morgan fingerprint density at radius 3 is 2.06 bits per heavy atom. The minimum atomic E-state index is -0.703. The van der Waals surface area contributed by atoms with E-state index in [2.05, 4.69) is 16.0 Å². The monoisotopic (exact) mass is 434 g/mol. The summed E-state index contributed by atoms with van der Waals surface area (Å²) in [5.41, 5.74) is 2.16. The van der Waals surface area contributed by atoms with E-state index in [1.165, 1.54) is 18.9 Å². The summed E-state index contributed by atoms with van der Waals surface area (Å²) in [7, 11) is 0. The van der Waals surface area contributed by atoms with Crippen LogP contribution in [-0.4, -0.2) is 41.9 Å². The van der Waals surface area contributed by atoms with Crippen LogP contribution in [0.1, 0.15) is 38.2 Å². The van der Waals surface area contributed by atoms with Crippen LogP contribution in [0.4, 0.5) is 16.2 Å². The fourth-order valence-electron chi connectivity index (χ4n) is 3.43. The van der Waals surface area contributed by atoms with Crippen LogP contribution in [0.15, 0.2) is 60.7 Å². The standard InChI is InChI=1S/C25H30N4O3/c1-19(26-23(30)16-11-20-9-5-4-6-10-20)24(31)27-21-12-14-22(15-13-21)28-25(32)29-17-7-2-3-8-18-29/h4-6,9-16,19H,2-3,7-8,17-18H2,1H3,(H,26,30)(H,27,31)(H,28,32)/b16-11+. The molecule has 3 rings (SSSR count). The highest BCUT2D eigenvalue weighted by Crippen LogP contribution is 2.16. The first-order valence-corrected chi connectivity index (χ1v) is 11.0. The van der Waals surface area contributed by atoms with Gasteiger partial charge in [-0.25, -0.2) is 4.79 Å². The van der Waals surface area contributed by atoms with E-state index in [4.69, 9.17) is 0 Å². The number of benzene rings is 2. The second kappa shape index (κ2) is 11.7. The number of anilines is 2. The minimum absolute atomic E-state index is 0.0939. The Balaban J connectivity index is 1.46. The number of hydrogen-bond acceptors (Lipinski definition) is 3. The maximum Gasteiger partial charge on any atom is 0.321 e. The molecule has 168 valence electrons. The Morgan fingerprint density at radius 1 is 0.844 bits per heavy atom. The van der Waals surface area contributed by atoms with Crippen LogP contribution in [0.25, 0.3) is 6.08 Å². The highest BCUT2D eigenvalue weighted by molar-refractivity contribution is 6.00. The zero-order valence-corrected chi connectivity index (χ0v) is 18.3. The summed E-state index contributed by atoms with van der Waals surface area (Å²) in [5.74, 6) is -0.670. The first-order chi connectivity index (χ1) is 15.5. The normalized spacial score (nSPS) is 15.0. The molecule has 1 fully saturated rings. The van der Waals surface area contributed by atoms with Gasteiger partial charge in [-0.3, -0.25) is 9.59 Å². The molecule has 1 heterocycles. The number of hydrogen-bond donors (Lipinski definition) is 3. The largest absolute Gasteiger partial charge is 0.341 e. The predicted molar refractivity (Wildman–Crippen MR) is 127 cm³/mol. The molecule has 0 aliphatic carbocycles. The van der Waals surface area contributed by atoms with Crippen LogP contribution in [-0.2, 0) is 9.59 Å². The molecule has 0 saturated carbocycles. The molecule has 0 spiro atoms. The summed E-state index contributed by atoms with van der Waals surface area (Å²) in [6.45, 7) is 3.19. The van der Waals surface area contributed by atoms with Crippen molar-refractivity contribution < 1.29 is 14.4 Å². The van der Waals surface area contributed by atoms with Gasteiger partial charge in [-0.15, -0.1) is 0 Å². The average Bonchev–Trinajstić information content (AvgIpc) is 3.09. The Bertz CT molecular complexity index is 933. The van der Waals surface area contributed by atoms with Crippen molar-refractivity contribution in [3.63, 3.8) is 0 Å². The molecule has 1 atom stereocenters. The highest BCUT2D eigenvalue weighted by Gasteiger charge is 2.16. The van der Waals surface area contributed by atoms with Gasteiger partial charge in [0.2, 0.25) is 11.8 Å². The lowest BCUT2D eigenvalue weighted by atomic mass is 10.2. The van der Waals surface area contributed by atoms with Crippen LogP contribution in [0.3, 0.4) is 0 Å². The Morgan fingerprint density at radius 2 is 1.44 bits per heavy atom. The van der Waals surface area contributed by atoms with Gasteiger partial charge in [-0.1, -0.05) is 43.2 Å². The molecule has 7 nitrogen and oxygen atoms in total. The van der Waals surface area contributed by atoms with Gasteiger partial charge in [0.05, 0.1) is 0 Å². The minimum Gasteiger partial charge on any atom is -0.341 e. The molecular formula is C25H30N4O3. The van der Waals surface area contributed by atoms with E-state index >= 15 is 0 Å². The molecule has 2 aromatic carbocycles. The molecule has 0 aromatic heterocycles. The SMILES string of the molecule is CC(NC(=O)/C=C/c1ccccc1)C(=O)Nc1ccc(NC(=O)N2CCCCCC2)cc1. The van der Waals surface area contributed by atoms with Crippen molar-refractivity contribution in [2.24, 2.45) is 0 Å². The molecule has 2 aromatic rings. The van der Waals surface area contributed by atoms with E-state index in [9.17, 15) is 14.4 Å². The van der Waals surface area contributed by atoms with Crippen molar-refractivity contribution in [1.29, 1.82) is 0 Å². The number of urea groups is 1. The summed E-state index contributed by atoms with van der Waals surface area (Å²) in [4.78, 5) is 38.7. The molecule has 1 saturated heterocycles. The molecule has 3 N–H and O–H groups in total. The van der Waals surface area contributed by atoms with Crippen LogP contribution in [0.5, 0.6) is 0 Å². The van der Waals surface area contributed by atoms with Crippen molar-refractivity contribution in [1.82, 2.24) is 10.2 Å². The highest BCUT2D eigenvalue weighted by atomic mass is 16.2. The maximum absolute atomic E-state index is 12.4. The third kappa shape index (κ3) is 7.27. The summed E-state index contributed by atoms with van der Waals surface area (Å²) < 4.78 is 0. The molecule has 0 radical (unpaired) electrons. The topological polar surface area (TPSA) is 90.5 Å². The number of likely N-dealkylation sites (tertiary alicyclic amines) is 1. The fraction of sp³-hybridized carbons (Fsp3) is 0.320. The molecule has 1 unspecified atom stereocenters. The molecule has 7 heteroatoms. The van der Waals surface area contributed by atoms with Crippen LogP contribution in [0, 0.1) is 0 Å². The lowest BCUT2D eigenvalue weighted by molar-refractivity contribution is -0.123. The van der Waals surface area contributed by atoms with Crippen LogP contribution < -0.4 is 16.0 Å². The van der Waals surface area contributed by atoms with Gasteiger partial charge in [0.25, 0.3) is 0 Å². The van der Waals surface area contributed by atoms with Crippen molar-refractivity contribution in [3.05, 3.63) is 66.2 Å². The summed E-state index contributed by atoms with van der Waals surface area (Å²) in [5, 5.41) is 8.33. The van der Waals surface area contributed by atoms with Gasteiger partial charge in [0, 0.05) is 30.5 Å². The first kappa shape index (κ1) is 23.1. The second-order valence-corrected chi connectivity index (χ2v) is 7.87. The molecule has 1 aliphatic heterocycles. The first-order valence-electron chi connectivity index (χ1n) is 11.0. The van der Waals surface area contributed by atoms with Gasteiger partial charge < -0.3 is 20.9 Å². The lowest BCUT2D eigenvalue weighted by Crippen LogP contribution is -2.40. The summed E-state index contributed by atoms with van der Waals surface area (Å²) in [6, 6.07) is 15.6. The lowest BCUT2D eigenvalue weighted by Gasteiger charge is -2.21. The number of carbonyl (C=O) groups is 3. The molecule has 4 amide bonds. The van der Waals surface area contributed by atoms with E-state index < -0.39 is 6.04 Å². The van der Waals surface area contributed by atoms with Crippen LogP contribution in [0.2, 0.25) is 0 Å². The zero-order chi connectivity index (χ0) is 22.8. The third-order valence-electron chi connectivity index (χ3n) is 5.28. The fourth-order valence-corrected chi connectivity index (χ4v) is 3.43. The zero-order valence-electron chi connectivity index (χ0n) is 18.3. The van der Waals surface area contributed by atoms with Gasteiger partial charge in [0.1, 0.15) is 6.04 Å². The Labute approximate surface area is 188 Å². The van der Waals surface area contributed by atoms with Gasteiger partial charge in [-0.05, 0) is 55.7 Å². The van der Waals surface area contributed by atoms with E-state index in [-0.39, 0.29) is 17.8 Å². The van der Waals surface area contributed by atoms with Crippen molar-refractivity contribution in [2.45, 2.75) is 38.6 Å². The average molecular weight is 435 g/mol. The number of amides is 4. The van der Waals surface area contributed by atoms with Gasteiger partial charge >= 0.3 is 6.03 Å². The molecule has 0 bridgehead atoms. The van der Waals surface area contributed by atoms with Crippen molar-refractivity contribution in [2.75, 3.05) is 23.7 Å². The Kier molecular flexibility index (Phi) is 8.43. The summed E-state index contributed by atoms with van der Waals surface area (Å²) in [6.07, 6.45) is 7.50. The van der Waals surface area contributed by atoms with Gasteiger partial charge in [-0.2, -0.15) is 0 Å². The van der Waals surface area contributed by atoms with E-state index in [0.29, 0.717) is 11.4 Å². The predicted octanol–water partition coefficient (Wildman–Crippen LogP) is 4.25. The van der Waals surface area contributed by atoms with E-state index in [1.54, 1.807) is 37.3 Å². The van der Waals surface area contributed by atoms with E-state index in [1.807, 2.05) is 35.2 Å². The molecule has 32 heavy (non-hydrogen) atoms. The van der Waals surface area contributed by atoms with Crippen molar-refractivity contribution in [3.8, 4) is 0 Å². The maximum atomic E-state index is 12.4. The number of nitrogens with one attached hydrogen (secondary N) is 3. The number of nitrogens with zero attached hydrogens (tertiary/aromatic N) is 1. The third-order valence-corrected chi connectivity index (χ3v) is 5.28. The van der Waals surface area contributed by atoms with E-state index in [0.717, 1.165) is 31.5 Å². The second-order valence-electron chi connectivity index (χ2n) is 7.87. The van der Waals surface area contributed by atoms with Crippen LogP contribution >= 0.6 is 0 Å². The smallest absolute Gasteiger partial charge is 0.321 e. The summed E-state index contributed by atoms with van der Waals surface area (Å²) >= 11 is 0. The number of rotatable bonds is 6. The van der Waals surface area contributed by atoms with Crippen molar-refractivity contribution >= 4 is 35.3 Å². The molecular weight excluding hydrogens is 404 g/mol. The van der Waals surface area contributed by atoms with Gasteiger partial charge in [0.15, 0.2) is 0 Å². The number of carbonyl (C=O) groups excluding carboxylic acids is 3. The quantitative estimate of drug-likeness (QED) is 0.594. The Hall–Kier alpha value is -3.61. The molecule has 1 aliphatic rings.